The van der Waals surface area contributed by atoms with E-state index in [0.717, 1.165) is 34.6 Å². The second kappa shape index (κ2) is 9.32. The van der Waals surface area contributed by atoms with Gasteiger partial charge in [0.1, 0.15) is 9.96 Å². The summed E-state index contributed by atoms with van der Waals surface area (Å²) in [6.07, 6.45) is 0.732. The third kappa shape index (κ3) is 5.01. The van der Waals surface area contributed by atoms with Crippen molar-refractivity contribution in [2.24, 2.45) is 0 Å². The molecule has 1 atom stereocenters. The van der Waals surface area contributed by atoms with Gasteiger partial charge in [-0.15, -0.1) is 11.3 Å². The van der Waals surface area contributed by atoms with Crippen molar-refractivity contribution in [3.63, 3.8) is 0 Å². The number of nitrogens with one attached hydrogen (secondary N) is 2. The SMILES string of the molecule is CCC(NC(=O)c1ccc(NS(=O)(=O)c2cccs2)cc1)c1ccc(OC)c(C)c1. The van der Waals surface area contributed by atoms with Crippen LogP contribution in [0, 0.1) is 6.92 Å². The molecule has 2 aromatic carbocycles. The van der Waals surface area contributed by atoms with E-state index in [0.29, 0.717) is 11.3 Å². The molecular weight excluding hydrogens is 420 g/mol. The highest BCUT2D eigenvalue weighted by Gasteiger charge is 2.17. The summed E-state index contributed by atoms with van der Waals surface area (Å²) in [7, 11) is -1.98. The topological polar surface area (TPSA) is 84.5 Å². The number of sulfonamides is 1. The molecule has 2 N–H and O–H groups in total. The first-order valence-electron chi connectivity index (χ1n) is 9.46. The fourth-order valence-corrected chi connectivity index (χ4v) is 5.14. The molecule has 1 aromatic heterocycles. The van der Waals surface area contributed by atoms with Gasteiger partial charge in [0.05, 0.1) is 13.2 Å². The Bertz CT molecular complexity index is 1110. The molecule has 30 heavy (non-hydrogen) atoms. The Morgan fingerprint density at radius 1 is 1.13 bits per heavy atom. The Morgan fingerprint density at radius 2 is 1.87 bits per heavy atom. The van der Waals surface area contributed by atoms with Crippen LogP contribution in [-0.4, -0.2) is 21.4 Å². The molecule has 0 aliphatic rings. The van der Waals surface area contributed by atoms with Crippen molar-refractivity contribution in [3.8, 4) is 5.75 Å². The first-order valence-corrected chi connectivity index (χ1v) is 11.8. The number of rotatable bonds is 8. The number of methoxy groups -OCH3 is 1. The predicted octanol–water partition coefficient (Wildman–Crippen LogP) is 4.75. The minimum atomic E-state index is -3.61. The average Bonchev–Trinajstić information content (AvgIpc) is 3.28. The van der Waals surface area contributed by atoms with Gasteiger partial charge in [-0.25, -0.2) is 8.42 Å². The van der Waals surface area contributed by atoms with Gasteiger partial charge in [0, 0.05) is 11.3 Å². The first-order chi connectivity index (χ1) is 14.3. The molecule has 3 aromatic rings. The molecule has 0 aliphatic carbocycles. The van der Waals surface area contributed by atoms with E-state index in [1.54, 1.807) is 48.9 Å². The minimum absolute atomic E-state index is 0.140. The van der Waals surface area contributed by atoms with E-state index in [1.165, 1.54) is 0 Å². The molecule has 8 heteroatoms. The molecule has 6 nitrogen and oxygen atoms in total. The van der Waals surface area contributed by atoms with Crippen LogP contribution in [0.5, 0.6) is 5.75 Å². The van der Waals surface area contributed by atoms with Crippen molar-refractivity contribution in [2.45, 2.75) is 30.5 Å². The number of thiophene rings is 1. The van der Waals surface area contributed by atoms with Crippen LogP contribution >= 0.6 is 11.3 Å². The van der Waals surface area contributed by atoms with Gasteiger partial charge in [0.2, 0.25) is 0 Å². The lowest BCUT2D eigenvalue weighted by molar-refractivity contribution is 0.0935. The summed E-state index contributed by atoms with van der Waals surface area (Å²) in [5.41, 5.74) is 2.87. The number of aryl methyl sites for hydroxylation is 1. The normalized spacial score (nSPS) is 12.2. The highest BCUT2D eigenvalue weighted by Crippen LogP contribution is 2.25. The molecule has 0 aliphatic heterocycles. The predicted molar refractivity (Wildman–Crippen MR) is 120 cm³/mol. The van der Waals surface area contributed by atoms with Crippen LogP contribution in [0.2, 0.25) is 0 Å². The van der Waals surface area contributed by atoms with Crippen molar-refractivity contribution >= 4 is 33.0 Å². The maximum atomic E-state index is 12.7. The van der Waals surface area contributed by atoms with E-state index in [9.17, 15) is 13.2 Å². The average molecular weight is 445 g/mol. The van der Waals surface area contributed by atoms with E-state index in [1.807, 2.05) is 32.0 Å². The fraction of sp³-hybridized carbons (Fsp3) is 0.227. The molecule has 0 saturated heterocycles. The molecule has 158 valence electrons. The Hall–Kier alpha value is -2.84. The van der Waals surface area contributed by atoms with Crippen molar-refractivity contribution in [3.05, 3.63) is 76.7 Å². The summed E-state index contributed by atoms with van der Waals surface area (Å²) in [4.78, 5) is 12.7. The molecule has 0 fully saturated rings. The van der Waals surface area contributed by atoms with E-state index in [-0.39, 0.29) is 16.2 Å². The monoisotopic (exact) mass is 444 g/mol. The molecule has 0 spiro atoms. The highest BCUT2D eigenvalue weighted by molar-refractivity contribution is 7.94. The molecule has 1 unspecified atom stereocenters. The van der Waals surface area contributed by atoms with Crippen LogP contribution in [0.4, 0.5) is 5.69 Å². The van der Waals surface area contributed by atoms with Crippen LogP contribution in [0.15, 0.2) is 64.2 Å². The number of carbonyl (C=O) groups excluding carboxylic acids is 1. The second-order valence-electron chi connectivity index (χ2n) is 6.78. The number of amides is 1. The van der Waals surface area contributed by atoms with Crippen LogP contribution in [0.1, 0.15) is 40.9 Å². The zero-order valence-corrected chi connectivity index (χ0v) is 18.6. The van der Waals surface area contributed by atoms with Gasteiger partial charge < -0.3 is 10.1 Å². The third-order valence-electron chi connectivity index (χ3n) is 4.69. The van der Waals surface area contributed by atoms with Gasteiger partial charge in [-0.1, -0.05) is 25.1 Å². The van der Waals surface area contributed by atoms with E-state index < -0.39 is 10.0 Å². The number of benzene rings is 2. The molecule has 0 saturated carbocycles. The maximum absolute atomic E-state index is 12.7. The largest absolute Gasteiger partial charge is 0.496 e. The maximum Gasteiger partial charge on any atom is 0.271 e. The molecular formula is C22H24N2O4S2. The van der Waals surface area contributed by atoms with Crippen LogP contribution in [0.25, 0.3) is 0 Å². The standard InChI is InChI=1S/C22H24N2O4S2/c1-4-19(17-9-12-20(28-3)15(2)14-17)23-22(25)16-7-10-18(11-8-16)24-30(26,27)21-6-5-13-29-21/h5-14,19,24H,4H2,1-3H3,(H,23,25). The molecule has 3 rings (SSSR count). The van der Waals surface area contributed by atoms with Crippen LogP contribution < -0.4 is 14.8 Å². The smallest absolute Gasteiger partial charge is 0.271 e. The lowest BCUT2D eigenvalue weighted by atomic mass is 10.0. The van der Waals surface area contributed by atoms with Crippen LogP contribution in [0.3, 0.4) is 0 Å². The highest BCUT2D eigenvalue weighted by atomic mass is 32.2. The number of ether oxygens (including phenoxy) is 1. The quantitative estimate of drug-likeness (QED) is 0.525. The fourth-order valence-electron chi connectivity index (χ4n) is 3.09. The van der Waals surface area contributed by atoms with Crippen LogP contribution in [-0.2, 0) is 10.0 Å². The van der Waals surface area contributed by atoms with Crippen molar-refractivity contribution in [1.29, 1.82) is 0 Å². The van der Waals surface area contributed by atoms with Crippen molar-refractivity contribution < 1.29 is 17.9 Å². The Balaban J connectivity index is 1.70. The van der Waals surface area contributed by atoms with Gasteiger partial charge >= 0.3 is 0 Å². The third-order valence-corrected chi connectivity index (χ3v) is 7.47. The number of carbonyl (C=O) groups is 1. The first kappa shape index (κ1) is 21.9. The van der Waals surface area contributed by atoms with Gasteiger partial charge in [-0.2, -0.15) is 0 Å². The zero-order chi connectivity index (χ0) is 21.7. The second-order valence-corrected chi connectivity index (χ2v) is 9.64. The van der Waals surface area contributed by atoms with E-state index in [2.05, 4.69) is 10.0 Å². The molecule has 1 amide bonds. The summed E-state index contributed by atoms with van der Waals surface area (Å²) in [6.45, 7) is 3.97. The molecule has 0 radical (unpaired) electrons. The summed E-state index contributed by atoms with van der Waals surface area (Å²) in [6, 6.07) is 15.3. The summed E-state index contributed by atoms with van der Waals surface area (Å²) >= 11 is 1.15. The number of anilines is 1. The summed E-state index contributed by atoms with van der Waals surface area (Å²) < 4.78 is 32.7. The minimum Gasteiger partial charge on any atom is -0.496 e. The molecule has 0 bridgehead atoms. The zero-order valence-electron chi connectivity index (χ0n) is 17.0. The molecule has 1 heterocycles. The Morgan fingerprint density at radius 3 is 2.43 bits per heavy atom. The van der Waals surface area contributed by atoms with E-state index in [4.69, 9.17) is 4.74 Å². The summed E-state index contributed by atoms with van der Waals surface area (Å²) in [5.74, 6) is 0.587. The van der Waals surface area contributed by atoms with Gasteiger partial charge in [0.25, 0.3) is 15.9 Å². The van der Waals surface area contributed by atoms with Gasteiger partial charge in [-0.3, -0.25) is 9.52 Å². The Labute approximate surface area is 181 Å². The summed E-state index contributed by atoms with van der Waals surface area (Å²) in [5, 5.41) is 4.74. The van der Waals surface area contributed by atoms with E-state index >= 15 is 0 Å². The number of hydrogen-bond acceptors (Lipinski definition) is 5. The Kier molecular flexibility index (Phi) is 6.79. The number of hydrogen-bond donors (Lipinski definition) is 2. The lowest BCUT2D eigenvalue weighted by Gasteiger charge is -2.19. The van der Waals surface area contributed by atoms with Gasteiger partial charge in [0.15, 0.2) is 0 Å². The van der Waals surface area contributed by atoms with Crippen molar-refractivity contribution in [1.82, 2.24) is 5.32 Å². The lowest BCUT2D eigenvalue weighted by Crippen LogP contribution is -2.28. The van der Waals surface area contributed by atoms with Crippen molar-refractivity contribution in [2.75, 3.05) is 11.8 Å². The van der Waals surface area contributed by atoms with Gasteiger partial charge in [-0.05, 0) is 66.2 Å².